The number of hydrogen-bond acceptors (Lipinski definition) is 4. The molecule has 0 radical (unpaired) electrons. The molecule has 0 aliphatic carbocycles. The molecule has 1 N–H and O–H groups in total. The summed E-state index contributed by atoms with van der Waals surface area (Å²) in [5.74, 6) is 0.631. The van der Waals surface area contributed by atoms with Crippen molar-refractivity contribution < 1.29 is 4.74 Å². The molecule has 4 heteroatoms. The molecule has 18 heavy (non-hydrogen) atoms. The molecule has 0 bridgehead atoms. The van der Waals surface area contributed by atoms with Gasteiger partial charge in [0.25, 0.3) is 0 Å². The van der Waals surface area contributed by atoms with E-state index in [0.29, 0.717) is 5.88 Å². The van der Waals surface area contributed by atoms with Crippen molar-refractivity contribution >= 4 is 5.69 Å². The number of nitrogens with zero attached hydrogens (tertiary/aromatic N) is 2. The van der Waals surface area contributed by atoms with Crippen LogP contribution in [0.2, 0.25) is 0 Å². The molecule has 0 aromatic carbocycles. The van der Waals surface area contributed by atoms with Crippen molar-refractivity contribution in [3.63, 3.8) is 0 Å². The first-order chi connectivity index (χ1) is 8.69. The number of hydrogen-bond donors (Lipinski definition) is 1. The Labute approximate surface area is 107 Å². The summed E-state index contributed by atoms with van der Waals surface area (Å²) in [7, 11) is 1.61. The highest BCUT2D eigenvalue weighted by molar-refractivity contribution is 5.48. The number of nitrogens with one attached hydrogen (secondary N) is 1. The molecule has 0 aliphatic rings. The summed E-state index contributed by atoms with van der Waals surface area (Å²) in [4.78, 5) is 8.58. The van der Waals surface area contributed by atoms with Crippen molar-refractivity contribution in [1.29, 1.82) is 0 Å². The lowest BCUT2D eigenvalue weighted by atomic mass is 10.2. The van der Waals surface area contributed by atoms with E-state index in [1.54, 1.807) is 7.11 Å². The van der Waals surface area contributed by atoms with Gasteiger partial charge in [0.05, 0.1) is 18.5 Å². The van der Waals surface area contributed by atoms with Gasteiger partial charge in [-0.2, -0.15) is 0 Å². The van der Waals surface area contributed by atoms with Crippen LogP contribution >= 0.6 is 0 Å². The fourth-order valence-corrected chi connectivity index (χ4v) is 1.71. The van der Waals surface area contributed by atoms with Crippen molar-refractivity contribution in [1.82, 2.24) is 9.97 Å². The Morgan fingerprint density at radius 1 is 1.17 bits per heavy atom. The minimum absolute atomic E-state index is 0.631. The molecular formula is C14H17N3O. The average Bonchev–Trinajstić information content (AvgIpc) is 2.38. The maximum Gasteiger partial charge on any atom is 0.212 e. The first-order valence-electron chi connectivity index (χ1n) is 5.86. The van der Waals surface area contributed by atoms with Gasteiger partial charge in [0.1, 0.15) is 0 Å². The SMILES string of the molecule is COc1ccc(CNc2ccc(C)nc2C)cn1. The molecule has 0 saturated heterocycles. The molecule has 94 valence electrons. The predicted molar refractivity (Wildman–Crippen MR) is 71.8 cm³/mol. The minimum atomic E-state index is 0.631. The highest BCUT2D eigenvalue weighted by Gasteiger charge is 2.00. The van der Waals surface area contributed by atoms with Gasteiger partial charge in [-0.3, -0.25) is 4.98 Å². The van der Waals surface area contributed by atoms with Crippen LogP contribution in [0.1, 0.15) is 17.0 Å². The van der Waals surface area contributed by atoms with Gasteiger partial charge in [-0.25, -0.2) is 4.98 Å². The summed E-state index contributed by atoms with van der Waals surface area (Å²) < 4.78 is 5.02. The van der Waals surface area contributed by atoms with Crippen LogP contribution in [0.15, 0.2) is 30.5 Å². The first kappa shape index (κ1) is 12.4. The third kappa shape index (κ3) is 2.97. The summed E-state index contributed by atoms with van der Waals surface area (Å²) in [5.41, 5.74) is 4.20. The number of aryl methyl sites for hydroxylation is 2. The van der Waals surface area contributed by atoms with Crippen LogP contribution in [0.5, 0.6) is 5.88 Å². The van der Waals surface area contributed by atoms with Gasteiger partial charge in [-0.1, -0.05) is 6.07 Å². The topological polar surface area (TPSA) is 47.0 Å². The van der Waals surface area contributed by atoms with Crippen molar-refractivity contribution in [3.05, 3.63) is 47.4 Å². The third-order valence-corrected chi connectivity index (χ3v) is 2.71. The number of ether oxygens (including phenoxy) is 1. The molecule has 2 aromatic rings. The monoisotopic (exact) mass is 243 g/mol. The maximum atomic E-state index is 5.02. The molecule has 0 spiro atoms. The number of methoxy groups -OCH3 is 1. The summed E-state index contributed by atoms with van der Waals surface area (Å²) in [6.07, 6.45) is 1.81. The van der Waals surface area contributed by atoms with Crippen LogP contribution in [-0.4, -0.2) is 17.1 Å². The van der Waals surface area contributed by atoms with Crippen molar-refractivity contribution in [2.45, 2.75) is 20.4 Å². The molecular weight excluding hydrogens is 226 g/mol. The zero-order valence-corrected chi connectivity index (χ0v) is 10.9. The Hall–Kier alpha value is -2.10. The van der Waals surface area contributed by atoms with Gasteiger partial charge in [0.2, 0.25) is 5.88 Å². The number of anilines is 1. The smallest absolute Gasteiger partial charge is 0.212 e. The zero-order valence-electron chi connectivity index (χ0n) is 10.9. The van der Waals surface area contributed by atoms with Gasteiger partial charge < -0.3 is 10.1 Å². The molecule has 0 fully saturated rings. The first-order valence-corrected chi connectivity index (χ1v) is 5.86. The number of aromatic nitrogens is 2. The summed E-state index contributed by atoms with van der Waals surface area (Å²) in [6.45, 7) is 4.72. The van der Waals surface area contributed by atoms with Crippen molar-refractivity contribution in [2.24, 2.45) is 0 Å². The second-order valence-corrected chi connectivity index (χ2v) is 4.15. The Morgan fingerprint density at radius 2 is 2.00 bits per heavy atom. The lowest BCUT2D eigenvalue weighted by Crippen LogP contribution is -2.03. The highest BCUT2D eigenvalue weighted by Crippen LogP contribution is 2.14. The Kier molecular flexibility index (Phi) is 3.77. The van der Waals surface area contributed by atoms with Gasteiger partial charge >= 0.3 is 0 Å². The molecule has 0 atom stereocenters. The van der Waals surface area contributed by atoms with E-state index in [1.807, 2.05) is 38.2 Å². The van der Waals surface area contributed by atoms with Crippen LogP contribution in [-0.2, 0) is 6.54 Å². The molecule has 0 aliphatic heterocycles. The number of pyridine rings is 2. The van der Waals surface area contributed by atoms with Crippen LogP contribution in [0.3, 0.4) is 0 Å². The lowest BCUT2D eigenvalue weighted by Gasteiger charge is -2.09. The van der Waals surface area contributed by atoms with E-state index >= 15 is 0 Å². The van der Waals surface area contributed by atoms with E-state index in [0.717, 1.165) is 29.2 Å². The van der Waals surface area contributed by atoms with Gasteiger partial charge in [0.15, 0.2) is 0 Å². The van der Waals surface area contributed by atoms with Crippen LogP contribution in [0.25, 0.3) is 0 Å². The van der Waals surface area contributed by atoms with Crippen molar-refractivity contribution in [3.8, 4) is 5.88 Å². The molecule has 0 amide bonds. The van der Waals surface area contributed by atoms with E-state index in [9.17, 15) is 0 Å². The van der Waals surface area contributed by atoms with E-state index in [4.69, 9.17) is 4.74 Å². The lowest BCUT2D eigenvalue weighted by molar-refractivity contribution is 0.397. The van der Waals surface area contributed by atoms with Gasteiger partial charge in [0, 0.05) is 24.5 Å². The normalized spacial score (nSPS) is 10.2. The maximum absolute atomic E-state index is 5.02. The summed E-state index contributed by atoms with van der Waals surface area (Å²) in [5, 5.41) is 3.35. The van der Waals surface area contributed by atoms with E-state index in [2.05, 4.69) is 21.4 Å². The Bertz CT molecular complexity index is 523. The standard InChI is InChI=1S/C14H17N3O/c1-10-4-6-13(11(2)17-10)15-8-12-5-7-14(18-3)16-9-12/h4-7,9,15H,8H2,1-3H3. The molecule has 0 unspecified atom stereocenters. The fourth-order valence-electron chi connectivity index (χ4n) is 1.71. The second-order valence-electron chi connectivity index (χ2n) is 4.15. The molecule has 4 nitrogen and oxygen atoms in total. The molecule has 2 aromatic heterocycles. The fraction of sp³-hybridized carbons (Fsp3) is 0.286. The van der Waals surface area contributed by atoms with Crippen LogP contribution < -0.4 is 10.1 Å². The zero-order chi connectivity index (χ0) is 13.0. The summed E-state index contributed by atoms with van der Waals surface area (Å²) in [6, 6.07) is 7.91. The van der Waals surface area contributed by atoms with Gasteiger partial charge in [-0.05, 0) is 31.5 Å². The van der Waals surface area contributed by atoms with Gasteiger partial charge in [-0.15, -0.1) is 0 Å². The predicted octanol–water partition coefficient (Wildman–Crippen LogP) is 2.71. The molecule has 2 rings (SSSR count). The minimum Gasteiger partial charge on any atom is -0.481 e. The second kappa shape index (κ2) is 5.49. The largest absolute Gasteiger partial charge is 0.481 e. The van der Waals surface area contributed by atoms with Crippen LogP contribution in [0, 0.1) is 13.8 Å². The van der Waals surface area contributed by atoms with E-state index in [-0.39, 0.29) is 0 Å². The molecule has 2 heterocycles. The molecule has 0 saturated carbocycles. The Balaban J connectivity index is 2.02. The number of rotatable bonds is 4. The Morgan fingerprint density at radius 3 is 2.61 bits per heavy atom. The average molecular weight is 243 g/mol. The highest BCUT2D eigenvalue weighted by atomic mass is 16.5. The third-order valence-electron chi connectivity index (χ3n) is 2.71. The quantitative estimate of drug-likeness (QED) is 0.897. The van der Waals surface area contributed by atoms with Crippen LogP contribution in [0.4, 0.5) is 5.69 Å². The van der Waals surface area contributed by atoms with E-state index in [1.165, 1.54) is 0 Å². The van der Waals surface area contributed by atoms with E-state index < -0.39 is 0 Å². The van der Waals surface area contributed by atoms with Crippen molar-refractivity contribution in [2.75, 3.05) is 12.4 Å². The summed E-state index contributed by atoms with van der Waals surface area (Å²) >= 11 is 0.